The van der Waals surface area contributed by atoms with Crippen molar-refractivity contribution < 1.29 is 46.0 Å². The monoisotopic (exact) mass is 335 g/mol. The zero-order valence-corrected chi connectivity index (χ0v) is 12.8. The molecule has 2 N–H and O–H groups in total. The fraction of sp³-hybridized carbons (Fsp3) is 0.143. The zero-order chi connectivity index (χ0) is 13.5. The maximum atomic E-state index is 10.6. The molecular formula is C14H13O4Zr-. The minimum atomic E-state index is -1.11. The molecule has 5 heteroatoms. The Morgan fingerprint density at radius 2 is 1.68 bits per heavy atom. The normalized spacial score (nSPS) is 11.2. The minimum Gasteiger partial charge on any atom is -0.478 e. The van der Waals surface area contributed by atoms with E-state index in [0.717, 1.165) is 6.42 Å². The summed E-state index contributed by atoms with van der Waals surface area (Å²) in [5, 5.41) is 17.4. The smallest absolute Gasteiger partial charge is 0.335 e. The van der Waals surface area contributed by atoms with Gasteiger partial charge in [0.05, 0.1) is 11.1 Å². The number of aromatic carboxylic acids is 2. The van der Waals surface area contributed by atoms with Gasteiger partial charge in [-0.25, -0.2) is 21.7 Å². The van der Waals surface area contributed by atoms with Crippen molar-refractivity contribution in [2.24, 2.45) is 0 Å². The molecule has 2 rings (SSSR count). The Kier molecular flexibility index (Phi) is 7.93. The Morgan fingerprint density at radius 3 is 1.95 bits per heavy atom. The number of benzene rings is 1. The Morgan fingerprint density at radius 1 is 1.16 bits per heavy atom. The summed E-state index contributed by atoms with van der Waals surface area (Å²) in [5.41, 5.74) is 0.335. The van der Waals surface area contributed by atoms with Gasteiger partial charge in [-0.05, 0) is 24.6 Å². The molecule has 19 heavy (non-hydrogen) atoms. The summed E-state index contributed by atoms with van der Waals surface area (Å²) in [7, 11) is 0. The van der Waals surface area contributed by atoms with Crippen molar-refractivity contribution in [3.63, 3.8) is 0 Å². The average molecular weight is 336 g/mol. The van der Waals surface area contributed by atoms with E-state index in [4.69, 9.17) is 10.2 Å². The number of hydrogen-bond acceptors (Lipinski definition) is 2. The second-order valence-electron chi connectivity index (χ2n) is 3.59. The zero-order valence-electron chi connectivity index (χ0n) is 10.4. The van der Waals surface area contributed by atoms with E-state index in [1.54, 1.807) is 0 Å². The molecule has 0 radical (unpaired) electrons. The number of rotatable bonds is 2. The third kappa shape index (κ3) is 5.35. The summed E-state index contributed by atoms with van der Waals surface area (Å²) in [6, 6.07) is 4.17. The number of carboxylic acids is 2. The van der Waals surface area contributed by atoms with Gasteiger partial charge in [-0.3, -0.25) is 6.08 Å². The molecule has 1 aromatic rings. The van der Waals surface area contributed by atoms with E-state index in [-0.39, 0.29) is 42.9 Å². The van der Waals surface area contributed by atoms with Gasteiger partial charge >= 0.3 is 11.9 Å². The molecule has 0 aromatic heterocycles. The fourth-order valence-electron chi connectivity index (χ4n) is 1.44. The molecule has 0 amide bonds. The van der Waals surface area contributed by atoms with Crippen LogP contribution in [0.25, 0.3) is 0 Å². The number of carbonyl (C=O) groups is 2. The standard InChI is InChI=1S/C9H8O4.C5H5.Zr/c1-5-6(8(10)11)3-2-4-7(5)9(12)13;1-2-4-5-3-1;/h2-4H,1H3,(H,10,11)(H,12,13);1-3H,4H2;/q;-1;. The predicted molar refractivity (Wildman–Crippen MR) is 66.7 cm³/mol. The van der Waals surface area contributed by atoms with Crippen molar-refractivity contribution in [2.75, 3.05) is 0 Å². The van der Waals surface area contributed by atoms with Crippen molar-refractivity contribution in [2.45, 2.75) is 13.3 Å². The van der Waals surface area contributed by atoms with Gasteiger partial charge in [-0.2, -0.15) is 6.08 Å². The molecule has 0 heterocycles. The summed E-state index contributed by atoms with van der Waals surface area (Å²) in [4.78, 5) is 21.2. The first-order chi connectivity index (χ1) is 8.54. The van der Waals surface area contributed by atoms with E-state index in [9.17, 15) is 9.59 Å². The van der Waals surface area contributed by atoms with Crippen LogP contribution in [0.4, 0.5) is 0 Å². The Balaban J connectivity index is 0.000000454. The molecule has 0 saturated carbocycles. The van der Waals surface area contributed by atoms with E-state index in [2.05, 4.69) is 12.2 Å². The van der Waals surface area contributed by atoms with E-state index >= 15 is 0 Å². The molecule has 4 nitrogen and oxygen atoms in total. The second kappa shape index (κ2) is 8.59. The van der Waals surface area contributed by atoms with Gasteiger partial charge in [0.25, 0.3) is 0 Å². The molecule has 1 aromatic carbocycles. The van der Waals surface area contributed by atoms with Crippen LogP contribution in [0.5, 0.6) is 0 Å². The molecule has 0 aliphatic heterocycles. The van der Waals surface area contributed by atoms with Gasteiger partial charge in [-0.1, -0.05) is 6.07 Å². The largest absolute Gasteiger partial charge is 0.478 e. The average Bonchev–Trinajstić information content (AvgIpc) is 2.87. The number of allylic oxidation sites excluding steroid dienone is 4. The maximum absolute atomic E-state index is 10.6. The summed E-state index contributed by atoms with van der Waals surface area (Å²) >= 11 is 0. The van der Waals surface area contributed by atoms with Crippen LogP contribution in [0.15, 0.2) is 36.4 Å². The Hall–Kier alpha value is -1.48. The quantitative estimate of drug-likeness (QED) is 0.814. The molecule has 0 unspecified atom stereocenters. The van der Waals surface area contributed by atoms with Gasteiger partial charge < -0.3 is 10.2 Å². The van der Waals surface area contributed by atoms with Crippen molar-refractivity contribution in [3.05, 3.63) is 59.2 Å². The molecule has 0 fully saturated rings. The van der Waals surface area contributed by atoms with Crippen LogP contribution in [0.1, 0.15) is 32.7 Å². The van der Waals surface area contributed by atoms with Crippen molar-refractivity contribution >= 4 is 11.9 Å². The first-order valence-corrected chi connectivity index (χ1v) is 5.32. The Bertz CT molecular complexity index is 476. The SMILES string of the molecule is Cc1c(C(=O)O)cccc1C(=O)O.[C-]1=CC=CC1.[Zr]. The molecule has 0 spiro atoms. The van der Waals surface area contributed by atoms with Crippen LogP contribution >= 0.6 is 0 Å². The van der Waals surface area contributed by atoms with E-state index in [1.807, 2.05) is 12.2 Å². The second-order valence-corrected chi connectivity index (χ2v) is 3.59. The summed E-state index contributed by atoms with van der Waals surface area (Å²) in [5.74, 6) is -2.22. The van der Waals surface area contributed by atoms with E-state index < -0.39 is 11.9 Å². The molecule has 1 aliphatic carbocycles. The Labute approximate surface area is 130 Å². The predicted octanol–water partition coefficient (Wildman–Crippen LogP) is 2.69. The van der Waals surface area contributed by atoms with E-state index in [1.165, 1.54) is 25.1 Å². The third-order valence-electron chi connectivity index (χ3n) is 2.38. The topological polar surface area (TPSA) is 74.6 Å². The van der Waals surface area contributed by atoms with Crippen molar-refractivity contribution in [3.8, 4) is 0 Å². The molecule has 98 valence electrons. The minimum absolute atomic E-state index is 0. The summed E-state index contributed by atoms with van der Waals surface area (Å²) in [6.45, 7) is 1.48. The van der Waals surface area contributed by atoms with Crippen LogP contribution in [0.2, 0.25) is 0 Å². The van der Waals surface area contributed by atoms with Crippen LogP contribution < -0.4 is 0 Å². The van der Waals surface area contributed by atoms with E-state index in [0.29, 0.717) is 0 Å². The van der Waals surface area contributed by atoms with Gasteiger partial charge in [0.2, 0.25) is 0 Å². The van der Waals surface area contributed by atoms with Gasteiger partial charge in [0.15, 0.2) is 0 Å². The molecule has 0 atom stereocenters. The van der Waals surface area contributed by atoms with Crippen LogP contribution in [-0.2, 0) is 26.2 Å². The van der Waals surface area contributed by atoms with Gasteiger partial charge in [-0.15, -0.1) is 6.42 Å². The van der Waals surface area contributed by atoms with Crippen molar-refractivity contribution in [1.29, 1.82) is 0 Å². The van der Waals surface area contributed by atoms with Crippen LogP contribution in [0.3, 0.4) is 0 Å². The first-order valence-electron chi connectivity index (χ1n) is 5.32. The van der Waals surface area contributed by atoms with Crippen LogP contribution in [0, 0.1) is 13.0 Å². The molecule has 0 saturated heterocycles. The maximum Gasteiger partial charge on any atom is 0.335 e. The number of carboxylic acid groups (broad SMARTS) is 2. The van der Waals surface area contributed by atoms with Crippen molar-refractivity contribution in [1.82, 2.24) is 0 Å². The van der Waals surface area contributed by atoms with Gasteiger partial charge in [0.1, 0.15) is 0 Å². The molecular weight excluding hydrogens is 323 g/mol. The fourth-order valence-corrected chi connectivity index (χ4v) is 1.44. The van der Waals surface area contributed by atoms with Crippen LogP contribution in [-0.4, -0.2) is 22.2 Å². The summed E-state index contributed by atoms with van der Waals surface area (Å²) in [6.07, 6.45) is 10.0. The molecule has 0 bridgehead atoms. The number of hydrogen-bond donors (Lipinski definition) is 2. The summed E-state index contributed by atoms with van der Waals surface area (Å²) < 4.78 is 0. The first kappa shape index (κ1) is 17.5. The third-order valence-corrected chi connectivity index (χ3v) is 2.38. The molecule has 1 aliphatic rings. The van der Waals surface area contributed by atoms with Gasteiger partial charge in [0, 0.05) is 26.2 Å².